The molecule has 0 aliphatic carbocycles. The molecule has 1 fully saturated rings. The zero-order chi connectivity index (χ0) is 7.07. The van der Waals surface area contributed by atoms with Crippen LogP contribution in [0.15, 0.2) is 24.6 Å². The fourth-order valence-corrected chi connectivity index (χ4v) is 0.435. The van der Waals surface area contributed by atoms with E-state index in [4.69, 9.17) is 0 Å². The van der Waals surface area contributed by atoms with E-state index in [9.17, 15) is 0 Å². The van der Waals surface area contributed by atoms with Gasteiger partial charge in [-0.15, -0.1) is 0 Å². The first-order valence-electron chi connectivity index (χ1n) is 3.44. The smallest absolute Gasteiger partial charge is 0.119 e. The van der Waals surface area contributed by atoms with Crippen LogP contribution in [0, 0.1) is 0 Å². The Morgan fingerprint density at radius 3 is 2.00 bits per heavy atom. The lowest BCUT2D eigenvalue weighted by atomic mass is 10.3. The summed E-state index contributed by atoms with van der Waals surface area (Å²) in [6.45, 7) is 2.50. The first kappa shape index (κ1) is 7.15. The highest BCUT2D eigenvalue weighted by molar-refractivity contribution is 5.00. The van der Waals surface area contributed by atoms with Crippen molar-refractivity contribution in [1.29, 1.82) is 0 Å². The van der Waals surface area contributed by atoms with Gasteiger partial charge in [-0.3, -0.25) is 0 Å². The first-order chi connectivity index (χ1) is 5.00. The second-order valence-electron chi connectivity index (χ2n) is 2.03. The molecule has 0 aromatic rings. The molecule has 1 saturated heterocycles. The van der Waals surface area contributed by atoms with Crippen LogP contribution in [0.1, 0.15) is 6.42 Å². The highest BCUT2D eigenvalue weighted by atomic mass is 16.6. The molecule has 2 N–H and O–H groups in total. The standard InChI is InChI=1S/C4H5NO.C3H7N/c1-2-4-6-5-3-1;1-2-4-3-1/h1-5H;4H,1-3H2. The van der Waals surface area contributed by atoms with E-state index in [0.29, 0.717) is 0 Å². The van der Waals surface area contributed by atoms with Gasteiger partial charge in [-0.1, -0.05) is 0 Å². The van der Waals surface area contributed by atoms with Gasteiger partial charge in [0.2, 0.25) is 0 Å². The fourth-order valence-electron chi connectivity index (χ4n) is 0.435. The molecule has 2 rings (SSSR count). The van der Waals surface area contributed by atoms with Crippen molar-refractivity contribution < 1.29 is 4.84 Å². The largest absolute Gasteiger partial charge is 0.391 e. The van der Waals surface area contributed by atoms with Crippen molar-refractivity contribution in [2.75, 3.05) is 13.1 Å². The van der Waals surface area contributed by atoms with Crippen molar-refractivity contribution in [3.8, 4) is 0 Å². The van der Waals surface area contributed by atoms with Gasteiger partial charge in [-0.2, -0.15) is 0 Å². The summed E-state index contributed by atoms with van der Waals surface area (Å²) in [7, 11) is 0. The topological polar surface area (TPSA) is 33.3 Å². The molecule has 2 aliphatic rings. The summed E-state index contributed by atoms with van der Waals surface area (Å²) in [5.41, 5.74) is 2.52. The fraction of sp³-hybridized carbons (Fsp3) is 0.429. The summed E-state index contributed by atoms with van der Waals surface area (Å²) in [5, 5.41) is 3.11. The molecule has 0 amide bonds. The number of hydrogen-bond acceptors (Lipinski definition) is 3. The quantitative estimate of drug-likeness (QED) is 0.515. The highest BCUT2D eigenvalue weighted by Gasteiger charge is 1.92. The monoisotopic (exact) mass is 140 g/mol. The van der Waals surface area contributed by atoms with E-state index in [1.165, 1.54) is 19.5 Å². The molecule has 0 bridgehead atoms. The van der Waals surface area contributed by atoms with E-state index in [0.717, 1.165) is 0 Å². The van der Waals surface area contributed by atoms with Crippen molar-refractivity contribution in [2.24, 2.45) is 0 Å². The molecule has 2 heterocycles. The summed E-state index contributed by atoms with van der Waals surface area (Å²) < 4.78 is 0. The minimum atomic E-state index is 1.25. The highest BCUT2D eigenvalue weighted by Crippen LogP contribution is 1.81. The van der Waals surface area contributed by atoms with Gasteiger partial charge in [0.1, 0.15) is 6.26 Å². The molecule has 0 aromatic carbocycles. The Labute approximate surface area is 60.7 Å². The number of allylic oxidation sites excluding steroid dienone is 2. The number of nitrogens with one attached hydrogen (secondary N) is 2. The third kappa shape index (κ3) is 3.14. The van der Waals surface area contributed by atoms with Crippen molar-refractivity contribution in [3.63, 3.8) is 0 Å². The van der Waals surface area contributed by atoms with Crippen LogP contribution < -0.4 is 10.8 Å². The molecule has 0 spiro atoms. The van der Waals surface area contributed by atoms with Gasteiger partial charge in [0, 0.05) is 6.20 Å². The third-order valence-corrected chi connectivity index (χ3v) is 1.20. The minimum absolute atomic E-state index is 1.25. The zero-order valence-electron chi connectivity index (χ0n) is 5.84. The van der Waals surface area contributed by atoms with E-state index in [2.05, 4.69) is 15.6 Å². The predicted molar refractivity (Wildman–Crippen MR) is 40.0 cm³/mol. The summed E-state index contributed by atoms with van der Waals surface area (Å²) in [6, 6.07) is 0. The maximum absolute atomic E-state index is 4.55. The maximum Gasteiger partial charge on any atom is 0.119 e. The van der Waals surface area contributed by atoms with Crippen LogP contribution in [0.4, 0.5) is 0 Å². The molecule has 0 unspecified atom stereocenters. The van der Waals surface area contributed by atoms with Gasteiger partial charge >= 0.3 is 0 Å². The van der Waals surface area contributed by atoms with Crippen molar-refractivity contribution in [1.82, 2.24) is 10.8 Å². The third-order valence-electron chi connectivity index (χ3n) is 1.20. The summed E-state index contributed by atoms with van der Waals surface area (Å²) in [5.74, 6) is 0. The van der Waals surface area contributed by atoms with Crippen LogP contribution in [0.5, 0.6) is 0 Å². The van der Waals surface area contributed by atoms with Gasteiger partial charge < -0.3 is 10.2 Å². The molecular weight excluding hydrogens is 128 g/mol. The molecule has 3 nitrogen and oxygen atoms in total. The minimum Gasteiger partial charge on any atom is -0.391 e. The average Bonchev–Trinajstić information content (AvgIpc) is 1.88. The second-order valence-corrected chi connectivity index (χ2v) is 2.03. The van der Waals surface area contributed by atoms with E-state index in [1.807, 2.05) is 6.08 Å². The van der Waals surface area contributed by atoms with Crippen LogP contribution in [-0.4, -0.2) is 13.1 Å². The Morgan fingerprint density at radius 2 is 1.90 bits per heavy atom. The van der Waals surface area contributed by atoms with E-state index >= 15 is 0 Å². The van der Waals surface area contributed by atoms with Gasteiger partial charge in [0.25, 0.3) is 0 Å². The Kier molecular flexibility index (Phi) is 3.49. The molecule has 2 aliphatic heterocycles. The SMILES string of the molecule is C1=CNOC=C1.C1CNC1. The van der Waals surface area contributed by atoms with Crippen molar-refractivity contribution in [2.45, 2.75) is 6.42 Å². The summed E-state index contributed by atoms with van der Waals surface area (Å²) in [4.78, 5) is 4.55. The number of hydrogen-bond donors (Lipinski definition) is 2. The van der Waals surface area contributed by atoms with Crippen LogP contribution in [0.25, 0.3) is 0 Å². The normalized spacial score (nSPS) is 19.2. The summed E-state index contributed by atoms with van der Waals surface area (Å²) >= 11 is 0. The van der Waals surface area contributed by atoms with Crippen molar-refractivity contribution in [3.05, 3.63) is 24.6 Å². The lowest BCUT2D eigenvalue weighted by Gasteiger charge is -2.09. The predicted octanol–water partition coefficient (Wildman–Crippen LogP) is 0.528. The van der Waals surface area contributed by atoms with E-state index < -0.39 is 0 Å². The Hall–Kier alpha value is -0.960. The van der Waals surface area contributed by atoms with Crippen molar-refractivity contribution >= 4 is 0 Å². The van der Waals surface area contributed by atoms with Crippen LogP contribution in [-0.2, 0) is 4.84 Å². The van der Waals surface area contributed by atoms with Gasteiger partial charge in [-0.05, 0) is 31.7 Å². The second kappa shape index (κ2) is 4.88. The molecule has 0 saturated carbocycles. The molecule has 0 radical (unpaired) electrons. The average molecular weight is 140 g/mol. The zero-order valence-corrected chi connectivity index (χ0v) is 5.84. The van der Waals surface area contributed by atoms with Crippen LogP contribution in [0.3, 0.4) is 0 Å². The number of rotatable bonds is 0. The van der Waals surface area contributed by atoms with Crippen LogP contribution in [0.2, 0.25) is 0 Å². The van der Waals surface area contributed by atoms with E-state index in [-0.39, 0.29) is 0 Å². The first-order valence-corrected chi connectivity index (χ1v) is 3.44. The lowest BCUT2D eigenvalue weighted by molar-refractivity contribution is 0.172. The van der Waals surface area contributed by atoms with Crippen LogP contribution >= 0.6 is 0 Å². The summed E-state index contributed by atoms with van der Waals surface area (Å²) in [6.07, 6.45) is 8.32. The Balaban J connectivity index is 0.000000108. The van der Waals surface area contributed by atoms with Gasteiger partial charge in [0.05, 0.1) is 0 Å². The molecule has 0 aromatic heterocycles. The van der Waals surface area contributed by atoms with Gasteiger partial charge in [0.15, 0.2) is 0 Å². The maximum atomic E-state index is 4.55. The van der Waals surface area contributed by atoms with Gasteiger partial charge in [-0.25, -0.2) is 5.48 Å². The number of hydroxylamine groups is 1. The van der Waals surface area contributed by atoms with E-state index in [1.54, 1.807) is 18.5 Å². The molecule has 3 heteroatoms. The molecule has 0 atom stereocenters. The Bertz CT molecular complexity index is 112. The lowest BCUT2D eigenvalue weighted by Crippen LogP contribution is -2.29. The molecule has 10 heavy (non-hydrogen) atoms. The molecular formula is C7H12N2O. The molecule has 56 valence electrons. The Morgan fingerprint density at radius 1 is 1.20 bits per heavy atom.